The van der Waals surface area contributed by atoms with Crippen molar-refractivity contribution >= 4 is 5.97 Å². The Labute approximate surface area is 99.9 Å². The van der Waals surface area contributed by atoms with Crippen LogP contribution in [0.2, 0.25) is 0 Å². The van der Waals surface area contributed by atoms with Crippen molar-refractivity contribution in [2.75, 3.05) is 19.7 Å². The number of carbonyl (C=O) groups excluding carboxylic acids is 1. The molecule has 17 heavy (non-hydrogen) atoms. The molecule has 0 bridgehead atoms. The highest BCUT2D eigenvalue weighted by molar-refractivity contribution is 5.88. The smallest absolute Gasteiger partial charge is 0.334 e. The number of fused-ring (bicyclic) bond motifs is 1. The molecule has 0 saturated heterocycles. The second-order valence-electron chi connectivity index (χ2n) is 3.98. The Morgan fingerprint density at radius 1 is 1.59 bits per heavy atom. The molecule has 0 unspecified atom stereocenters. The summed E-state index contributed by atoms with van der Waals surface area (Å²) in [5, 5.41) is 7.88. The zero-order chi connectivity index (χ0) is 12.3. The first-order valence-corrected chi connectivity index (χ1v) is 5.64. The lowest BCUT2D eigenvalue weighted by Gasteiger charge is -2.26. The van der Waals surface area contributed by atoms with Crippen molar-refractivity contribution in [1.29, 1.82) is 0 Å². The second-order valence-corrected chi connectivity index (χ2v) is 3.98. The van der Waals surface area contributed by atoms with E-state index in [4.69, 9.17) is 4.74 Å². The van der Waals surface area contributed by atoms with E-state index in [9.17, 15) is 4.79 Å². The Morgan fingerprint density at radius 3 is 3.18 bits per heavy atom. The summed E-state index contributed by atoms with van der Waals surface area (Å²) in [4.78, 5) is 13.5. The fourth-order valence-corrected chi connectivity index (χ4v) is 1.82. The Bertz CT molecular complexity index is 427. The summed E-state index contributed by atoms with van der Waals surface area (Å²) in [7, 11) is 0. The molecule has 0 atom stereocenters. The molecule has 2 heterocycles. The monoisotopic (exact) mass is 236 g/mol. The molecule has 6 heteroatoms. The van der Waals surface area contributed by atoms with E-state index in [-0.39, 0.29) is 5.97 Å². The SMILES string of the molecule is C=C(CN1CCn2cnnc2C1)C(=O)OCC. The van der Waals surface area contributed by atoms with Crippen LogP contribution in [0.1, 0.15) is 12.7 Å². The zero-order valence-electron chi connectivity index (χ0n) is 9.93. The van der Waals surface area contributed by atoms with Crippen LogP contribution in [0.4, 0.5) is 0 Å². The summed E-state index contributed by atoms with van der Waals surface area (Å²) in [6, 6.07) is 0. The van der Waals surface area contributed by atoms with E-state index in [0.717, 1.165) is 18.9 Å². The molecular weight excluding hydrogens is 220 g/mol. The van der Waals surface area contributed by atoms with E-state index in [1.165, 1.54) is 0 Å². The highest BCUT2D eigenvalue weighted by atomic mass is 16.5. The molecule has 1 aliphatic rings. The van der Waals surface area contributed by atoms with Crippen molar-refractivity contribution in [3.8, 4) is 0 Å². The maximum absolute atomic E-state index is 11.4. The standard InChI is InChI=1S/C11H16N4O2/c1-3-17-11(16)9(2)6-14-4-5-15-8-12-13-10(15)7-14/h8H,2-7H2,1H3. The quantitative estimate of drug-likeness (QED) is 0.552. The van der Waals surface area contributed by atoms with Gasteiger partial charge in [0.15, 0.2) is 0 Å². The molecule has 0 fully saturated rings. The number of esters is 1. The summed E-state index contributed by atoms with van der Waals surface area (Å²) >= 11 is 0. The molecule has 1 aromatic heterocycles. The van der Waals surface area contributed by atoms with Crippen molar-refractivity contribution in [3.63, 3.8) is 0 Å². The van der Waals surface area contributed by atoms with Crippen molar-refractivity contribution < 1.29 is 9.53 Å². The summed E-state index contributed by atoms with van der Waals surface area (Å²) < 4.78 is 6.92. The topological polar surface area (TPSA) is 60.2 Å². The van der Waals surface area contributed by atoms with Crippen LogP contribution in [0.5, 0.6) is 0 Å². The third kappa shape index (κ3) is 2.71. The lowest BCUT2D eigenvalue weighted by Crippen LogP contribution is -2.36. The third-order valence-corrected chi connectivity index (χ3v) is 2.70. The molecule has 92 valence electrons. The summed E-state index contributed by atoms with van der Waals surface area (Å²) in [6.07, 6.45) is 1.73. The normalized spacial score (nSPS) is 15.4. The van der Waals surface area contributed by atoms with Gasteiger partial charge in [0.25, 0.3) is 0 Å². The van der Waals surface area contributed by atoms with Crippen LogP contribution in [0.3, 0.4) is 0 Å². The van der Waals surface area contributed by atoms with Crippen molar-refractivity contribution in [3.05, 3.63) is 24.3 Å². The molecular formula is C11H16N4O2. The summed E-state index contributed by atoms with van der Waals surface area (Å²) in [5.74, 6) is 0.604. The number of rotatable bonds is 4. The molecule has 1 aliphatic heterocycles. The van der Waals surface area contributed by atoms with Gasteiger partial charge in [-0.3, -0.25) is 4.90 Å². The maximum Gasteiger partial charge on any atom is 0.334 e. The Kier molecular flexibility index (Phi) is 3.53. The number of carbonyl (C=O) groups is 1. The van der Waals surface area contributed by atoms with Crippen LogP contribution in [0.15, 0.2) is 18.5 Å². The summed E-state index contributed by atoms with van der Waals surface area (Å²) in [5.41, 5.74) is 0.486. The second kappa shape index (κ2) is 5.09. The predicted octanol–water partition coefficient (Wildman–Crippen LogP) is 0.213. The van der Waals surface area contributed by atoms with Gasteiger partial charge in [0, 0.05) is 25.2 Å². The zero-order valence-corrected chi connectivity index (χ0v) is 9.93. The van der Waals surface area contributed by atoms with Gasteiger partial charge in [0.2, 0.25) is 0 Å². The van der Waals surface area contributed by atoms with Crippen molar-refractivity contribution in [2.24, 2.45) is 0 Å². The van der Waals surface area contributed by atoms with E-state index in [0.29, 0.717) is 25.3 Å². The maximum atomic E-state index is 11.4. The molecule has 0 spiro atoms. The molecule has 0 radical (unpaired) electrons. The van der Waals surface area contributed by atoms with Crippen molar-refractivity contribution in [1.82, 2.24) is 19.7 Å². The average Bonchev–Trinajstić information content (AvgIpc) is 2.76. The van der Waals surface area contributed by atoms with Gasteiger partial charge in [-0.25, -0.2) is 4.79 Å². The molecule has 0 aromatic carbocycles. The van der Waals surface area contributed by atoms with E-state index < -0.39 is 0 Å². The third-order valence-electron chi connectivity index (χ3n) is 2.70. The number of ether oxygens (including phenoxy) is 1. The van der Waals surface area contributed by atoms with Crippen LogP contribution in [0.25, 0.3) is 0 Å². The Hall–Kier alpha value is -1.69. The summed E-state index contributed by atoms with van der Waals surface area (Å²) in [6.45, 7) is 8.84. The average molecular weight is 236 g/mol. The molecule has 2 rings (SSSR count). The minimum absolute atomic E-state index is 0.320. The first-order valence-electron chi connectivity index (χ1n) is 5.64. The molecule has 6 nitrogen and oxygen atoms in total. The largest absolute Gasteiger partial charge is 0.463 e. The van der Waals surface area contributed by atoms with Gasteiger partial charge in [-0.2, -0.15) is 0 Å². The fourth-order valence-electron chi connectivity index (χ4n) is 1.82. The van der Waals surface area contributed by atoms with Gasteiger partial charge < -0.3 is 9.30 Å². The fraction of sp³-hybridized carbons (Fsp3) is 0.545. The van der Waals surface area contributed by atoms with Gasteiger partial charge in [-0.05, 0) is 6.92 Å². The molecule has 0 N–H and O–H groups in total. The van der Waals surface area contributed by atoms with Gasteiger partial charge in [-0.1, -0.05) is 6.58 Å². The Morgan fingerprint density at radius 2 is 2.41 bits per heavy atom. The van der Waals surface area contributed by atoms with E-state index >= 15 is 0 Å². The lowest BCUT2D eigenvalue weighted by molar-refractivity contribution is -0.138. The number of hydrogen-bond acceptors (Lipinski definition) is 5. The van der Waals surface area contributed by atoms with Gasteiger partial charge in [0.05, 0.1) is 13.2 Å². The predicted molar refractivity (Wildman–Crippen MR) is 61.1 cm³/mol. The van der Waals surface area contributed by atoms with Gasteiger partial charge in [-0.15, -0.1) is 10.2 Å². The number of aromatic nitrogens is 3. The lowest BCUT2D eigenvalue weighted by atomic mass is 10.2. The van der Waals surface area contributed by atoms with Crippen LogP contribution >= 0.6 is 0 Å². The first-order chi connectivity index (χ1) is 8.20. The highest BCUT2D eigenvalue weighted by Gasteiger charge is 2.19. The molecule has 0 aliphatic carbocycles. The van der Waals surface area contributed by atoms with E-state index in [1.54, 1.807) is 13.3 Å². The van der Waals surface area contributed by atoms with Crippen LogP contribution in [-0.2, 0) is 22.6 Å². The van der Waals surface area contributed by atoms with Gasteiger partial charge in [0.1, 0.15) is 12.2 Å². The van der Waals surface area contributed by atoms with Crippen LogP contribution < -0.4 is 0 Å². The van der Waals surface area contributed by atoms with E-state index in [1.807, 2.05) is 4.57 Å². The number of hydrogen-bond donors (Lipinski definition) is 0. The van der Waals surface area contributed by atoms with E-state index in [2.05, 4.69) is 21.7 Å². The highest BCUT2D eigenvalue weighted by Crippen LogP contribution is 2.10. The Balaban J connectivity index is 1.89. The molecule has 0 saturated carbocycles. The minimum Gasteiger partial charge on any atom is -0.463 e. The molecule has 1 aromatic rings. The minimum atomic E-state index is -0.320. The van der Waals surface area contributed by atoms with Crippen LogP contribution in [0, 0.1) is 0 Å². The first kappa shape index (κ1) is 11.8. The van der Waals surface area contributed by atoms with Crippen LogP contribution in [-0.4, -0.2) is 45.3 Å². The van der Waals surface area contributed by atoms with Crippen molar-refractivity contribution in [2.45, 2.75) is 20.0 Å². The number of nitrogens with zero attached hydrogens (tertiary/aromatic N) is 4. The van der Waals surface area contributed by atoms with Gasteiger partial charge >= 0.3 is 5.97 Å². The molecule has 0 amide bonds.